The smallest absolute Gasteiger partial charge is 0.261 e. The van der Waals surface area contributed by atoms with Crippen molar-refractivity contribution < 1.29 is 13.5 Å². The minimum atomic E-state index is -2.37. The number of halogens is 2. The molecule has 0 bridgehead atoms. The van der Waals surface area contributed by atoms with Crippen LogP contribution in [0, 0.1) is 0 Å². The highest BCUT2D eigenvalue weighted by Crippen LogP contribution is 2.06. The third-order valence-electron chi connectivity index (χ3n) is 1.94. The molecule has 0 aromatic heterocycles. The Morgan fingerprint density at radius 3 is 2.60 bits per heavy atom. The summed E-state index contributed by atoms with van der Waals surface area (Å²) in [6.45, 7) is 8.59. The highest BCUT2D eigenvalue weighted by atomic mass is 19.3. The van der Waals surface area contributed by atoms with Crippen molar-refractivity contribution >= 4 is 0 Å². The van der Waals surface area contributed by atoms with Gasteiger partial charge in [0.1, 0.15) is 6.61 Å². The lowest BCUT2D eigenvalue weighted by Gasteiger charge is -2.17. The van der Waals surface area contributed by atoms with E-state index in [2.05, 4.69) is 11.9 Å². The molecule has 0 aliphatic heterocycles. The van der Waals surface area contributed by atoms with Crippen LogP contribution in [-0.2, 0) is 4.74 Å². The summed E-state index contributed by atoms with van der Waals surface area (Å²) in [5, 5.41) is 3.27. The largest absolute Gasteiger partial charge is 0.375 e. The number of hydrogen-bond donors (Lipinski definition) is 1. The summed E-state index contributed by atoms with van der Waals surface area (Å²) in [6.07, 6.45) is -0.761. The van der Waals surface area contributed by atoms with Gasteiger partial charge < -0.3 is 10.1 Å². The molecule has 0 aliphatic carbocycles. The van der Waals surface area contributed by atoms with E-state index >= 15 is 0 Å². The van der Waals surface area contributed by atoms with Crippen molar-refractivity contribution in [2.24, 2.45) is 0 Å². The molecule has 0 saturated carbocycles. The van der Waals surface area contributed by atoms with Gasteiger partial charge in [-0.15, -0.1) is 6.58 Å². The molecule has 2 nitrogen and oxygen atoms in total. The first-order chi connectivity index (χ1) is 7.06. The summed E-state index contributed by atoms with van der Waals surface area (Å²) in [6, 6.07) is 0.283. The first-order valence-corrected chi connectivity index (χ1v) is 5.29. The number of nitrogens with one attached hydrogen (secondary N) is 1. The molecule has 0 rings (SSSR count). The molecule has 1 N–H and O–H groups in total. The van der Waals surface area contributed by atoms with Gasteiger partial charge in [0.15, 0.2) is 0 Å². The molecule has 0 saturated heterocycles. The molecule has 0 aromatic carbocycles. The predicted molar refractivity (Wildman–Crippen MR) is 58.3 cm³/mol. The second kappa shape index (κ2) is 8.80. The van der Waals surface area contributed by atoms with Crippen molar-refractivity contribution in [1.82, 2.24) is 5.32 Å². The second-order valence-corrected chi connectivity index (χ2v) is 3.67. The highest BCUT2D eigenvalue weighted by molar-refractivity contribution is 4.92. The standard InChI is InChI=1S/C11H21F2NO/c1-4-14-10(7-9(2)3)5-6-15-8-11(12)13/h10-11,14H,2,4-8H2,1,3H3. The molecule has 1 unspecified atom stereocenters. The Balaban J connectivity index is 3.61. The fourth-order valence-corrected chi connectivity index (χ4v) is 1.38. The Kier molecular flexibility index (Phi) is 8.52. The quantitative estimate of drug-likeness (QED) is 0.477. The van der Waals surface area contributed by atoms with Crippen molar-refractivity contribution in [2.45, 2.75) is 39.2 Å². The fraction of sp³-hybridized carbons (Fsp3) is 0.818. The van der Waals surface area contributed by atoms with Crippen LogP contribution in [0.4, 0.5) is 8.78 Å². The molecule has 4 heteroatoms. The maximum atomic E-state index is 11.8. The molecule has 0 aromatic rings. The van der Waals surface area contributed by atoms with E-state index in [0.717, 1.165) is 25.0 Å². The number of alkyl halides is 2. The van der Waals surface area contributed by atoms with Gasteiger partial charge in [-0.2, -0.15) is 0 Å². The average Bonchev–Trinajstić information content (AvgIpc) is 2.11. The summed E-state index contributed by atoms with van der Waals surface area (Å²) in [5.41, 5.74) is 1.09. The average molecular weight is 221 g/mol. The topological polar surface area (TPSA) is 21.3 Å². The minimum absolute atomic E-state index is 0.283. The lowest BCUT2D eigenvalue weighted by atomic mass is 10.1. The molecule has 0 fully saturated rings. The molecule has 0 heterocycles. The Labute approximate surface area is 90.7 Å². The van der Waals surface area contributed by atoms with Gasteiger partial charge in [-0.25, -0.2) is 8.78 Å². The normalized spacial score (nSPS) is 13.1. The first kappa shape index (κ1) is 14.5. The highest BCUT2D eigenvalue weighted by Gasteiger charge is 2.08. The van der Waals surface area contributed by atoms with E-state index in [-0.39, 0.29) is 6.04 Å². The first-order valence-electron chi connectivity index (χ1n) is 5.29. The number of ether oxygens (including phenoxy) is 1. The van der Waals surface area contributed by atoms with Gasteiger partial charge in [-0.1, -0.05) is 12.5 Å². The van der Waals surface area contributed by atoms with E-state index in [4.69, 9.17) is 4.74 Å². The number of hydrogen-bond acceptors (Lipinski definition) is 2. The fourth-order valence-electron chi connectivity index (χ4n) is 1.38. The minimum Gasteiger partial charge on any atom is -0.375 e. The molecule has 0 spiro atoms. The Morgan fingerprint density at radius 2 is 2.13 bits per heavy atom. The summed E-state index contributed by atoms with van der Waals surface area (Å²) >= 11 is 0. The van der Waals surface area contributed by atoms with Crippen LogP contribution >= 0.6 is 0 Å². The van der Waals surface area contributed by atoms with E-state index in [1.807, 2.05) is 13.8 Å². The lowest BCUT2D eigenvalue weighted by molar-refractivity contribution is 0.0144. The van der Waals surface area contributed by atoms with Crippen LogP contribution in [0.1, 0.15) is 26.7 Å². The second-order valence-electron chi connectivity index (χ2n) is 3.67. The number of rotatable bonds is 9. The van der Waals surface area contributed by atoms with E-state index in [9.17, 15) is 8.78 Å². The zero-order valence-corrected chi connectivity index (χ0v) is 9.56. The molecule has 15 heavy (non-hydrogen) atoms. The van der Waals surface area contributed by atoms with Gasteiger partial charge in [0.05, 0.1) is 0 Å². The molecule has 90 valence electrons. The monoisotopic (exact) mass is 221 g/mol. The van der Waals surface area contributed by atoms with Crippen LogP contribution in [-0.4, -0.2) is 32.2 Å². The summed E-state index contributed by atoms with van der Waals surface area (Å²) < 4.78 is 28.4. The Bertz CT molecular complexity index is 174. The van der Waals surface area contributed by atoms with Gasteiger partial charge in [0.2, 0.25) is 0 Å². The van der Waals surface area contributed by atoms with E-state index in [1.54, 1.807) is 0 Å². The van der Waals surface area contributed by atoms with Crippen LogP contribution in [0.25, 0.3) is 0 Å². The van der Waals surface area contributed by atoms with Crippen molar-refractivity contribution in [2.75, 3.05) is 19.8 Å². The molecule has 0 radical (unpaired) electrons. The maximum absolute atomic E-state index is 11.8. The van der Waals surface area contributed by atoms with Gasteiger partial charge in [-0.05, 0) is 26.3 Å². The van der Waals surface area contributed by atoms with Gasteiger partial charge in [-0.3, -0.25) is 0 Å². The molecular formula is C11H21F2NO. The van der Waals surface area contributed by atoms with Crippen molar-refractivity contribution in [3.63, 3.8) is 0 Å². The van der Waals surface area contributed by atoms with Crippen molar-refractivity contribution in [3.8, 4) is 0 Å². The van der Waals surface area contributed by atoms with Crippen LogP contribution in [0.3, 0.4) is 0 Å². The summed E-state index contributed by atoms with van der Waals surface area (Å²) in [5.74, 6) is 0. The van der Waals surface area contributed by atoms with Crippen LogP contribution < -0.4 is 5.32 Å². The lowest BCUT2D eigenvalue weighted by Crippen LogP contribution is -2.30. The summed E-state index contributed by atoms with van der Waals surface area (Å²) in [4.78, 5) is 0. The van der Waals surface area contributed by atoms with E-state index in [0.29, 0.717) is 6.61 Å². The van der Waals surface area contributed by atoms with E-state index in [1.165, 1.54) is 0 Å². The van der Waals surface area contributed by atoms with Crippen LogP contribution in [0.5, 0.6) is 0 Å². The van der Waals surface area contributed by atoms with Gasteiger partial charge in [0.25, 0.3) is 6.43 Å². The predicted octanol–water partition coefficient (Wildman–Crippen LogP) is 2.60. The Hall–Kier alpha value is -0.480. The van der Waals surface area contributed by atoms with Crippen molar-refractivity contribution in [1.29, 1.82) is 0 Å². The molecule has 0 amide bonds. The van der Waals surface area contributed by atoms with Crippen LogP contribution in [0.15, 0.2) is 12.2 Å². The maximum Gasteiger partial charge on any atom is 0.261 e. The van der Waals surface area contributed by atoms with Gasteiger partial charge in [0, 0.05) is 12.6 Å². The molecule has 0 aliphatic rings. The van der Waals surface area contributed by atoms with Crippen molar-refractivity contribution in [3.05, 3.63) is 12.2 Å². The van der Waals surface area contributed by atoms with Gasteiger partial charge >= 0.3 is 0 Å². The molecular weight excluding hydrogens is 200 g/mol. The zero-order chi connectivity index (χ0) is 11.7. The van der Waals surface area contributed by atoms with E-state index < -0.39 is 13.0 Å². The van der Waals surface area contributed by atoms with Crippen LogP contribution in [0.2, 0.25) is 0 Å². The molecule has 1 atom stereocenters. The SMILES string of the molecule is C=C(C)CC(CCOCC(F)F)NCC. The third-order valence-corrected chi connectivity index (χ3v) is 1.94. The zero-order valence-electron chi connectivity index (χ0n) is 9.56. The summed E-state index contributed by atoms with van der Waals surface area (Å²) in [7, 11) is 0. The Morgan fingerprint density at radius 1 is 1.47 bits per heavy atom. The third kappa shape index (κ3) is 9.82.